The van der Waals surface area contributed by atoms with Crippen molar-refractivity contribution in [3.8, 4) is 0 Å². The topological polar surface area (TPSA) is 105 Å². The molecule has 1 aromatic carbocycles. The minimum absolute atomic E-state index is 0.0870. The van der Waals surface area contributed by atoms with E-state index in [0.717, 1.165) is 43.5 Å². The van der Waals surface area contributed by atoms with Gasteiger partial charge in [-0.15, -0.1) is 0 Å². The van der Waals surface area contributed by atoms with Crippen LogP contribution in [-0.4, -0.2) is 50.3 Å². The number of carbonyl (C=O) groups is 1. The summed E-state index contributed by atoms with van der Waals surface area (Å²) >= 11 is 0. The van der Waals surface area contributed by atoms with Gasteiger partial charge in [0.2, 0.25) is 15.9 Å². The van der Waals surface area contributed by atoms with Crippen molar-refractivity contribution < 1.29 is 27.4 Å². The van der Waals surface area contributed by atoms with Crippen molar-refractivity contribution in [2.45, 2.75) is 54.9 Å². The van der Waals surface area contributed by atoms with Gasteiger partial charge in [0.1, 0.15) is 11.9 Å². The lowest BCUT2D eigenvalue weighted by Crippen LogP contribution is -2.49. The molecular weight excluding hydrogens is 375 g/mol. The minimum atomic E-state index is -3.91. The van der Waals surface area contributed by atoms with Crippen molar-refractivity contribution in [2.75, 3.05) is 6.61 Å². The number of nitrogens with one attached hydrogen (secondary N) is 2. The van der Waals surface area contributed by atoms with E-state index in [1.807, 2.05) is 0 Å². The first kappa shape index (κ1) is 19.9. The normalized spacial score (nSPS) is 25.8. The van der Waals surface area contributed by atoms with Gasteiger partial charge in [0, 0.05) is 6.04 Å². The number of amides is 1. The van der Waals surface area contributed by atoms with E-state index in [1.165, 1.54) is 0 Å². The van der Waals surface area contributed by atoms with Crippen LogP contribution < -0.4 is 10.0 Å². The van der Waals surface area contributed by atoms with Crippen LogP contribution in [0.15, 0.2) is 41.3 Å². The number of ether oxygens (including phenoxy) is 1. The number of rotatable bonds is 7. The molecule has 0 saturated heterocycles. The Morgan fingerprint density at radius 1 is 1.22 bits per heavy atom. The first-order valence-corrected chi connectivity index (χ1v) is 10.4. The van der Waals surface area contributed by atoms with Gasteiger partial charge in [-0.3, -0.25) is 4.79 Å². The summed E-state index contributed by atoms with van der Waals surface area (Å²) in [4.78, 5) is 11.9. The zero-order valence-electron chi connectivity index (χ0n) is 14.7. The molecule has 148 valence electrons. The number of carbonyl (C=O) groups excluding carboxylic acids is 1. The lowest BCUT2D eigenvalue weighted by molar-refractivity contribution is -0.126. The van der Waals surface area contributed by atoms with E-state index in [4.69, 9.17) is 4.74 Å². The van der Waals surface area contributed by atoms with Gasteiger partial charge in [0.25, 0.3) is 0 Å². The Kier molecular flexibility index (Phi) is 6.25. The van der Waals surface area contributed by atoms with Crippen LogP contribution in [-0.2, 0) is 19.6 Å². The first-order valence-electron chi connectivity index (χ1n) is 8.89. The summed E-state index contributed by atoms with van der Waals surface area (Å²) in [5.74, 6) is -0.664. The zero-order chi connectivity index (χ0) is 19.4. The van der Waals surface area contributed by atoms with Gasteiger partial charge < -0.3 is 15.2 Å². The molecule has 2 aliphatic rings. The smallest absolute Gasteiger partial charge is 0.241 e. The monoisotopic (exact) mass is 398 g/mol. The highest BCUT2D eigenvalue weighted by Crippen LogP contribution is 2.21. The molecule has 1 aromatic rings. The second kappa shape index (κ2) is 8.47. The lowest BCUT2D eigenvalue weighted by Gasteiger charge is -2.32. The van der Waals surface area contributed by atoms with Gasteiger partial charge in [0.15, 0.2) is 0 Å². The van der Waals surface area contributed by atoms with Gasteiger partial charge in [-0.2, -0.15) is 0 Å². The number of benzene rings is 1. The maximum atomic E-state index is 13.0. The number of sulfonamides is 1. The average Bonchev–Trinajstić information content (AvgIpc) is 2.59. The molecule has 27 heavy (non-hydrogen) atoms. The lowest BCUT2D eigenvalue weighted by atomic mass is 9.93. The summed E-state index contributed by atoms with van der Waals surface area (Å²) in [6.07, 6.45) is 5.03. The van der Waals surface area contributed by atoms with Crippen LogP contribution in [0.25, 0.3) is 0 Å². The molecule has 0 spiro atoms. The van der Waals surface area contributed by atoms with E-state index in [1.54, 1.807) is 12.2 Å². The Hall–Kier alpha value is -1.81. The van der Waals surface area contributed by atoms with Crippen LogP contribution in [0.3, 0.4) is 0 Å². The van der Waals surface area contributed by atoms with E-state index in [-0.39, 0.29) is 23.3 Å². The van der Waals surface area contributed by atoms with Gasteiger partial charge in [0.05, 0.1) is 30.1 Å². The van der Waals surface area contributed by atoms with E-state index < -0.39 is 40.7 Å². The molecule has 1 aliphatic heterocycles. The van der Waals surface area contributed by atoms with Crippen molar-refractivity contribution in [3.05, 3.63) is 42.2 Å². The van der Waals surface area contributed by atoms with E-state index in [0.29, 0.717) is 0 Å². The third-order valence-electron chi connectivity index (χ3n) is 4.74. The second-order valence-electron chi connectivity index (χ2n) is 6.78. The third-order valence-corrected chi connectivity index (χ3v) is 6.21. The van der Waals surface area contributed by atoms with E-state index in [9.17, 15) is 22.7 Å². The molecule has 3 atom stereocenters. The molecule has 0 aromatic heterocycles. The molecule has 1 fully saturated rings. The SMILES string of the molecule is O=C(C[C@@H]1C=C[C@@H](NS(=O)(=O)c2ccc(F)cc2)[C@H](CO)O1)NC1CCC1. The molecule has 3 rings (SSSR count). The van der Waals surface area contributed by atoms with Gasteiger partial charge in [-0.25, -0.2) is 17.5 Å². The molecule has 3 N–H and O–H groups in total. The van der Waals surface area contributed by atoms with Crippen LogP contribution in [0.5, 0.6) is 0 Å². The fourth-order valence-electron chi connectivity index (χ4n) is 2.99. The Morgan fingerprint density at radius 3 is 2.52 bits per heavy atom. The molecule has 1 amide bonds. The van der Waals surface area contributed by atoms with Crippen LogP contribution in [0.4, 0.5) is 4.39 Å². The predicted octanol–water partition coefficient (Wildman–Crippen LogP) is 0.847. The summed E-state index contributed by atoms with van der Waals surface area (Å²) in [7, 11) is -3.91. The summed E-state index contributed by atoms with van der Waals surface area (Å²) in [5.41, 5.74) is 0. The minimum Gasteiger partial charge on any atom is -0.394 e. The molecule has 0 bridgehead atoms. The number of aliphatic hydroxyl groups is 1. The summed E-state index contributed by atoms with van der Waals surface area (Å²) in [6.45, 7) is -0.415. The maximum absolute atomic E-state index is 13.0. The highest BCUT2D eigenvalue weighted by atomic mass is 32.2. The Labute approximate surface area is 157 Å². The number of hydrogen-bond acceptors (Lipinski definition) is 5. The maximum Gasteiger partial charge on any atom is 0.241 e. The summed E-state index contributed by atoms with van der Waals surface area (Å²) < 4.78 is 45.9. The third kappa shape index (κ3) is 5.13. The number of hydrogen-bond donors (Lipinski definition) is 3. The Morgan fingerprint density at radius 2 is 1.93 bits per heavy atom. The van der Waals surface area contributed by atoms with E-state index >= 15 is 0 Å². The van der Waals surface area contributed by atoms with Crippen molar-refractivity contribution >= 4 is 15.9 Å². The first-order chi connectivity index (χ1) is 12.9. The zero-order valence-corrected chi connectivity index (χ0v) is 15.5. The van der Waals surface area contributed by atoms with Crippen molar-refractivity contribution in [2.24, 2.45) is 0 Å². The molecule has 7 nitrogen and oxygen atoms in total. The fraction of sp³-hybridized carbons (Fsp3) is 0.500. The molecule has 9 heteroatoms. The number of aliphatic hydroxyl groups excluding tert-OH is 1. The van der Waals surface area contributed by atoms with Crippen molar-refractivity contribution in [1.29, 1.82) is 0 Å². The highest BCUT2D eigenvalue weighted by Gasteiger charge is 2.32. The highest BCUT2D eigenvalue weighted by molar-refractivity contribution is 7.89. The summed E-state index contributed by atoms with van der Waals surface area (Å²) in [6, 6.07) is 3.87. The Balaban J connectivity index is 1.62. The fourth-order valence-corrected chi connectivity index (χ4v) is 4.21. The van der Waals surface area contributed by atoms with E-state index in [2.05, 4.69) is 10.0 Å². The quantitative estimate of drug-likeness (QED) is 0.591. The molecular formula is C18H23FN2O5S. The standard InChI is InChI=1S/C18H23FN2O5S/c19-12-4-7-15(8-5-12)27(24,25)21-16-9-6-14(26-17(16)11-22)10-18(23)20-13-2-1-3-13/h4-9,13-14,16-17,21-22H,1-3,10-11H2,(H,20,23)/t14-,16+,17-/m0/s1. The molecule has 1 heterocycles. The van der Waals surface area contributed by atoms with Gasteiger partial charge in [-0.1, -0.05) is 12.2 Å². The molecule has 1 saturated carbocycles. The largest absolute Gasteiger partial charge is 0.394 e. The van der Waals surface area contributed by atoms with Crippen molar-refractivity contribution in [3.63, 3.8) is 0 Å². The Bertz CT molecular complexity index is 792. The van der Waals surface area contributed by atoms with Crippen LogP contribution in [0.1, 0.15) is 25.7 Å². The van der Waals surface area contributed by atoms with Gasteiger partial charge in [-0.05, 0) is 43.5 Å². The molecule has 0 radical (unpaired) electrons. The second-order valence-corrected chi connectivity index (χ2v) is 8.49. The molecule has 1 aliphatic carbocycles. The van der Waals surface area contributed by atoms with Crippen LogP contribution >= 0.6 is 0 Å². The van der Waals surface area contributed by atoms with Crippen LogP contribution in [0.2, 0.25) is 0 Å². The van der Waals surface area contributed by atoms with Crippen LogP contribution in [0, 0.1) is 5.82 Å². The van der Waals surface area contributed by atoms with Crippen molar-refractivity contribution in [1.82, 2.24) is 10.0 Å². The molecule has 0 unspecified atom stereocenters. The predicted molar refractivity (Wildman–Crippen MR) is 95.8 cm³/mol. The van der Waals surface area contributed by atoms with Gasteiger partial charge >= 0.3 is 0 Å². The number of halogens is 1. The average molecular weight is 398 g/mol. The summed E-state index contributed by atoms with van der Waals surface area (Å²) in [5, 5.41) is 12.5.